The van der Waals surface area contributed by atoms with Gasteiger partial charge in [-0.3, -0.25) is 9.59 Å². The van der Waals surface area contributed by atoms with E-state index in [0.717, 1.165) is 0 Å². The van der Waals surface area contributed by atoms with Gasteiger partial charge in [0.15, 0.2) is 6.61 Å². The number of ether oxygens (including phenoxy) is 1. The molecule has 6 heteroatoms. The third-order valence-corrected chi connectivity index (χ3v) is 2.55. The topological polar surface area (TPSA) is 93.4 Å². The summed E-state index contributed by atoms with van der Waals surface area (Å²) >= 11 is 0. The summed E-state index contributed by atoms with van der Waals surface area (Å²) in [4.78, 5) is 23.6. The van der Waals surface area contributed by atoms with E-state index in [1.54, 1.807) is 31.2 Å². The number of carbonyl (C=O) groups is 2. The Hall–Kier alpha value is -2.24. The number of hydrogen-bond donors (Lipinski definition) is 3. The molecular weight excluding hydrogens is 270 g/mol. The van der Waals surface area contributed by atoms with Gasteiger partial charge in [-0.25, -0.2) is 0 Å². The quantitative estimate of drug-likeness (QED) is 0.708. The third-order valence-electron chi connectivity index (χ3n) is 2.55. The fourth-order valence-electron chi connectivity index (χ4n) is 1.58. The molecule has 0 radical (unpaired) electrons. The van der Waals surface area contributed by atoms with E-state index < -0.39 is 6.04 Å². The van der Waals surface area contributed by atoms with Crippen LogP contribution in [-0.2, 0) is 9.59 Å². The average Bonchev–Trinajstić information content (AvgIpc) is 2.35. The van der Waals surface area contributed by atoms with Gasteiger partial charge in [0.2, 0.25) is 5.91 Å². The van der Waals surface area contributed by atoms with Crippen molar-refractivity contribution in [3.63, 3.8) is 0 Å². The Morgan fingerprint density at radius 1 is 1.29 bits per heavy atom. The van der Waals surface area contributed by atoms with Crippen molar-refractivity contribution in [3.05, 3.63) is 24.3 Å². The van der Waals surface area contributed by atoms with Gasteiger partial charge in [0.1, 0.15) is 11.8 Å². The van der Waals surface area contributed by atoms with E-state index in [4.69, 9.17) is 10.5 Å². The average molecular weight is 293 g/mol. The van der Waals surface area contributed by atoms with Crippen LogP contribution >= 0.6 is 0 Å². The molecule has 0 saturated heterocycles. The Morgan fingerprint density at radius 2 is 1.90 bits per heavy atom. The van der Waals surface area contributed by atoms with Crippen molar-refractivity contribution in [2.75, 3.05) is 12.3 Å². The number of rotatable bonds is 5. The largest absolute Gasteiger partial charge is 0.482 e. The summed E-state index contributed by atoms with van der Waals surface area (Å²) in [6.45, 7) is 7.05. The van der Waals surface area contributed by atoms with Crippen LogP contribution in [-0.4, -0.2) is 30.0 Å². The number of anilines is 1. The molecule has 0 aliphatic heterocycles. The molecule has 21 heavy (non-hydrogen) atoms. The summed E-state index contributed by atoms with van der Waals surface area (Å²) in [5.41, 5.74) is 5.82. The Kier molecular flexibility index (Phi) is 5.58. The van der Waals surface area contributed by atoms with Gasteiger partial charge in [0, 0.05) is 5.54 Å². The van der Waals surface area contributed by atoms with Crippen molar-refractivity contribution in [3.8, 4) is 5.75 Å². The fourth-order valence-corrected chi connectivity index (χ4v) is 1.58. The number of para-hydroxylation sites is 2. The lowest BCUT2D eigenvalue weighted by atomic mass is 10.1. The van der Waals surface area contributed by atoms with E-state index in [9.17, 15) is 9.59 Å². The maximum atomic E-state index is 11.8. The molecule has 1 aromatic rings. The molecule has 0 aliphatic rings. The van der Waals surface area contributed by atoms with Crippen molar-refractivity contribution in [1.29, 1.82) is 0 Å². The van der Waals surface area contributed by atoms with Crippen LogP contribution in [0.5, 0.6) is 5.75 Å². The van der Waals surface area contributed by atoms with E-state index in [1.165, 1.54) is 0 Å². The van der Waals surface area contributed by atoms with Crippen LogP contribution in [0.25, 0.3) is 0 Å². The molecule has 0 aromatic heterocycles. The summed E-state index contributed by atoms with van der Waals surface area (Å²) in [6, 6.07) is 6.28. The lowest BCUT2D eigenvalue weighted by Crippen LogP contribution is -2.51. The molecule has 4 N–H and O–H groups in total. The molecule has 0 heterocycles. The van der Waals surface area contributed by atoms with Gasteiger partial charge < -0.3 is 21.1 Å². The zero-order valence-electron chi connectivity index (χ0n) is 12.9. The van der Waals surface area contributed by atoms with Gasteiger partial charge in [-0.2, -0.15) is 0 Å². The van der Waals surface area contributed by atoms with Gasteiger partial charge in [-0.1, -0.05) is 12.1 Å². The van der Waals surface area contributed by atoms with E-state index in [0.29, 0.717) is 11.4 Å². The lowest BCUT2D eigenvalue weighted by molar-refractivity contribution is -0.130. The number of carbonyl (C=O) groups excluding carboxylic acids is 2. The second-order valence-electron chi connectivity index (χ2n) is 5.85. The van der Waals surface area contributed by atoms with Gasteiger partial charge in [-0.15, -0.1) is 0 Å². The van der Waals surface area contributed by atoms with Gasteiger partial charge in [0.05, 0.1) is 5.69 Å². The molecule has 6 nitrogen and oxygen atoms in total. The smallest absolute Gasteiger partial charge is 0.258 e. The third kappa shape index (κ3) is 6.16. The molecule has 0 aliphatic carbocycles. The first-order chi connectivity index (χ1) is 9.69. The standard InChI is InChI=1S/C15H23N3O3/c1-10(14(20)18-15(2,3)4)17-13(19)9-21-12-8-6-5-7-11(12)16/h5-8,10H,9,16H2,1-4H3,(H,17,19)(H,18,20). The van der Waals surface area contributed by atoms with Gasteiger partial charge in [0.25, 0.3) is 5.91 Å². The maximum absolute atomic E-state index is 11.8. The minimum Gasteiger partial charge on any atom is -0.482 e. The monoisotopic (exact) mass is 293 g/mol. The predicted octanol–water partition coefficient (Wildman–Crippen LogP) is 1.07. The van der Waals surface area contributed by atoms with E-state index in [1.807, 2.05) is 20.8 Å². The molecule has 0 bridgehead atoms. The molecule has 1 unspecified atom stereocenters. The maximum Gasteiger partial charge on any atom is 0.258 e. The summed E-state index contributed by atoms with van der Waals surface area (Å²) in [5.74, 6) is -0.177. The highest BCUT2D eigenvalue weighted by molar-refractivity contribution is 5.88. The molecule has 1 aromatic carbocycles. The van der Waals surface area contributed by atoms with Crippen LogP contribution in [0.15, 0.2) is 24.3 Å². The van der Waals surface area contributed by atoms with E-state index in [2.05, 4.69) is 10.6 Å². The lowest BCUT2D eigenvalue weighted by Gasteiger charge is -2.23. The SMILES string of the molecule is CC(NC(=O)COc1ccccc1N)C(=O)NC(C)(C)C. The molecule has 0 spiro atoms. The minimum atomic E-state index is -0.631. The molecule has 0 saturated carbocycles. The number of nitrogen functional groups attached to an aromatic ring is 1. The summed E-state index contributed by atoms with van der Waals surface area (Å²) in [6.07, 6.45) is 0. The number of nitrogens with two attached hydrogens (primary N) is 1. The van der Waals surface area contributed by atoms with Crippen LogP contribution in [0.1, 0.15) is 27.7 Å². The fraction of sp³-hybridized carbons (Fsp3) is 0.467. The summed E-state index contributed by atoms with van der Waals surface area (Å²) < 4.78 is 5.31. The van der Waals surface area contributed by atoms with Crippen molar-refractivity contribution in [2.45, 2.75) is 39.3 Å². The van der Waals surface area contributed by atoms with Gasteiger partial charge >= 0.3 is 0 Å². The van der Waals surface area contributed by atoms with E-state index in [-0.39, 0.29) is 24.0 Å². The predicted molar refractivity (Wildman–Crippen MR) is 81.8 cm³/mol. The van der Waals surface area contributed by atoms with E-state index >= 15 is 0 Å². The van der Waals surface area contributed by atoms with Crippen LogP contribution in [0.3, 0.4) is 0 Å². The molecule has 116 valence electrons. The zero-order chi connectivity index (χ0) is 16.0. The van der Waals surface area contributed by atoms with Gasteiger partial charge in [-0.05, 0) is 39.8 Å². The zero-order valence-corrected chi connectivity index (χ0v) is 12.9. The Balaban J connectivity index is 2.43. The first kappa shape index (κ1) is 16.8. The number of amides is 2. The molecule has 2 amide bonds. The summed E-state index contributed by atoms with van der Waals surface area (Å²) in [5, 5.41) is 5.37. The number of hydrogen-bond acceptors (Lipinski definition) is 4. The first-order valence-electron chi connectivity index (χ1n) is 6.78. The minimum absolute atomic E-state index is 0.193. The highest BCUT2D eigenvalue weighted by Gasteiger charge is 2.20. The highest BCUT2D eigenvalue weighted by Crippen LogP contribution is 2.19. The van der Waals surface area contributed by atoms with Crippen molar-refractivity contribution >= 4 is 17.5 Å². The second-order valence-corrected chi connectivity index (χ2v) is 5.85. The van der Waals surface area contributed by atoms with Crippen LogP contribution < -0.4 is 21.1 Å². The van der Waals surface area contributed by atoms with Crippen LogP contribution in [0.2, 0.25) is 0 Å². The molecule has 1 rings (SSSR count). The van der Waals surface area contributed by atoms with Crippen molar-refractivity contribution in [1.82, 2.24) is 10.6 Å². The molecule has 1 atom stereocenters. The Morgan fingerprint density at radius 3 is 2.48 bits per heavy atom. The Bertz CT molecular complexity index is 509. The normalized spacial score (nSPS) is 12.4. The highest BCUT2D eigenvalue weighted by atomic mass is 16.5. The van der Waals surface area contributed by atoms with Crippen LogP contribution in [0, 0.1) is 0 Å². The molecule has 0 fully saturated rings. The number of benzene rings is 1. The van der Waals surface area contributed by atoms with Crippen molar-refractivity contribution in [2.24, 2.45) is 0 Å². The second kappa shape index (κ2) is 6.97. The molecular formula is C15H23N3O3. The Labute approximate surface area is 125 Å². The number of nitrogens with one attached hydrogen (secondary N) is 2. The van der Waals surface area contributed by atoms with Crippen molar-refractivity contribution < 1.29 is 14.3 Å². The van der Waals surface area contributed by atoms with Crippen LogP contribution in [0.4, 0.5) is 5.69 Å². The first-order valence-corrected chi connectivity index (χ1v) is 6.78. The summed E-state index contributed by atoms with van der Waals surface area (Å²) in [7, 11) is 0.